The van der Waals surface area contributed by atoms with Crippen LogP contribution in [0.3, 0.4) is 0 Å². The van der Waals surface area contributed by atoms with Crippen molar-refractivity contribution in [1.82, 2.24) is 10.2 Å². The maximum Gasteiger partial charge on any atom is 0.00966 e. The second-order valence-corrected chi connectivity index (χ2v) is 6.49. The zero-order valence-corrected chi connectivity index (χ0v) is 10.6. The molecule has 1 aliphatic heterocycles. The lowest BCUT2D eigenvalue weighted by atomic mass is 10.1. The van der Waals surface area contributed by atoms with Crippen LogP contribution in [0.25, 0.3) is 0 Å². The Labute approximate surface area is 94.4 Å². The van der Waals surface area contributed by atoms with Crippen LogP contribution in [0.5, 0.6) is 0 Å². The van der Waals surface area contributed by atoms with Crippen LogP contribution in [0.15, 0.2) is 0 Å². The monoisotopic (exact) mass is 210 g/mol. The van der Waals surface area contributed by atoms with Crippen LogP contribution < -0.4 is 5.32 Å². The van der Waals surface area contributed by atoms with Crippen molar-refractivity contribution in [2.75, 3.05) is 26.2 Å². The lowest BCUT2D eigenvalue weighted by molar-refractivity contribution is 0.301. The van der Waals surface area contributed by atoms with Crippen LogP contribution in [-0.4, -0.2) is 36.6 Å². The summed E-state index contributed by atoms with van der Waals surface area (Å²) >= 11 is 0. The molecule has 0 aromatic heterocycles. The number of rotatable bonds is 4. The maximum absolute atomic E-state index is 3.63. The van der Waals surface area contributed by atoms with E-state index in [0.29, 0.717) is 0 Å². The van der Waals surface area contributed by atoms with Gasteiger partial charge in [-0.1, -0.05) is 0 Å². The zero-order chi connectivity index (χ0) is 10.9. The molecule has 1 atom stereocenters. The average Bonchev–Trinajstić information content (AvgIpc) is 2.79. The van der Waals surface area contributed by atoms with E-state index in [1.165, 1.54) is 45.4 Å². The van der Waals surface area contributed by atoms with E-state index in [-0.39, 0.29) is 5.54 Å². The van der Waals surface area contributed by atoms with Gasteiger partial charge in [-0.05, 0) is 65.0 Å². The minimum Gasteiger partial charge on any atom is -0.312 e. The smallest absolute Gasteiger partial charge is 0.00966 e. The minimum atomic E-state index is 0.282. The quantitative estimate of drug-likeness (QED) is 0.764. The van der Waals surface area contributed by atoms with E-state index >= 15 is 0 Å². The molecule has 15 heavy (non-hydrogen) atoms. The Kier molecular flexibility index (Phi) is 3.36. The molecule has 0 aromatic rings. The number of nitrogens with zero attached hydrogens (tertiary/aromatic N) is 1. The van der Waals surface area contributed by atoms with Gasteiger partial charge in [0, 0.05) is 18.6 Å². The van der Waals surface area contributed by atoms with Gasteiger partial charge in [-0.2, -0.15) is 0 Å². The summed E-state index contributed by atoms with van der Waals surface area (Å²) in [7, 11) is 0. The van der Waals surface area contributed by atoms with Crippen LogP contribution in [0.4, 0.5) is 0 Å². The molecule has 0 radical (unpaired) electrons. The van der Waals surface area contributed by atoms with Gasteiger partial charge in [0.25, 0.3) is 0 Å². The van der Waals surface area contributed by atoms with Crippen LogP contribution >= 0.6 is 0 Å². The SMILES string of the molecule is CC(C)(C)NCC1CCN(CC2CC2)C1. The van der Waals surface area contributed by atoms with Crippen molar-refractivity contribution in [3.05, 3.63) is 0 Å². The summed E-state index contributed by atoms with van der Waals surface area (Å²) in [6, 6.07) is 0. The van der Waals surface area contributed by atoms with Crippen LogP contribution in [0, 0.1) is 11.8 Å². The average molecular weight is 210 g/mol. The van der Waals surface area contributed by atoms with E-state index in [4.69, 9.17) is 0 Å². The largest absolute Gasteiger partial charge is 0.312 e. The van der Waals surface area contributed by atoms with Crippen LogP contribution in [0.1, 0.15) is 40.0 Å². The van der Waals surface area contributed by atoms with E-state index in [2.05, 4.69) is 31.0 Å². The molecule has 2 nitrogen and oxygen atoms in total. The molecule has 1 aliphatic carbocycles. The summed E-state index contributed by atoms with van der Waals surface area (Å²) < 4.78 is 0. The fourth-order valence-corrected chi connectivity index (χ4v) is 2.36. The van der Waals surface area contributed by atoms with E-state index in [9.17, 15) is 0 Å². The first kappa shape index (κ1) is 11.4. The van der Waals surface area contributed by atoms with E-state index in [1.54, 1.807) is 0 Å². The molecule has 1 heterocycles. The van der Waals surface area contributed by atoms with Gasteiger partial charge in [-0.25, -0.2) is 0 Å². The van der Waals surface area contributed by atoms with Crippen molar-refractivity contribution >= 4 is 0 Å². The highest BCUT2D eigenvalue weighted by Crippen LogP contribution is 2.31. The van der Waals surface area contributed by atoms with Gasteiger partial charge in [0.05, 0.1) is 0 Å². The fraction of sp³-hybridized carbons (Fsp3) is 1.00. The number of nitrogens with one attached hydrogen (secondary N) is 1. The van der Waals surface area contributed by atoms with Crippen molar-refractivity contribution in [2.24, 2.45) is 11.8 Å². The van der Waals surface area contributed by atoms with Gasteiger partial charge < -0.3 is 10.2 Å². The van der Waals surface area contributed by atoms with E-state index in [1.807, 2.05) is 0 Å². The first-order valence-electron chi connectivity index (χ1n) is 6.50. The molecule has 2 aliphatic rings. The second-order valence-electron chi connectivity index (χ2n) is 6.49. The summed E-state index contributed by atoms with van der Waals surface area (Å²) in [5, 5.41) is 3.63. The first-order chi connectivity index (χ1) is 7.03. The molecule has 2 heteroatoms. The maximum atomic E-state index is 3.63. The molecule has 1 N–H and O–H groups in total. The van der Waals surface area contributed by atoms with Crippen LogP contribution in [-0.2, 0) is 0 Å². The van der Waals surface area contributed by atoms with Crippen molar-refractivity contribution in [1.29, 1.82) is 0 Å². The Morgan fingerprint density at radius 2 is 1.87 bits per heavy atom. The number of hydrogen-bond donors (Lipinski definition) is 1. The number of likely N-dealkylation sites (tertiary alicyclic amines) is 1. The van der Waals surface area contributed by atoms with E-state index in [0.717, 1.165) is 11.8 Å². The first-order valence-corrected chi connectivity index (χ1v) is 6.50. The predicted octanol–water partition coefficient (Wildman–Crippen LogP) is 2.11. The Bertz CT molecular complexity index is 203. The Morgan fingerprint density at radius 3 is 2.47 bits per heavy atom. The third-order valence-corrected chi connectivity index (χ3v) is 3.50. The van der Waals surface area contributed by atoms with Crippen molar-refractivity contribution in [2.45, 2.75) is 45.6 Å². The lowest BCUT2D eigenvalue weighted by Crippen LogP contribution is -2.39. The van der Waals surface area contributed by atoms with E-state index < -0.39 is 0 Å². The van der Waals surface area contributed by atoms with Gasteiger partial charge in [-0.3, -0.25) is 0 Å². The molecule has 0 bridgehead atoms. The third kappa shape index (κ3) is 4.12. The molecule has 1 unspecified atom stereocenters. The van der Waals surface area contributed by atoms with Gasteiger partial charge >= 0.3 is 0 Å². The molecule has 1 saturated carbocycles. The normalized spacial score (nSPS) is 28.6. The third-order valence-electron chi connectivity index (χ3n) is 3.50. The predicted molar refractivity (Wildman–Crippen MR) is 65.0 cm³/mol. The molecule has 0 amide bonds. The Morgan fingerprint density at radius 1 is 1.13 bits per heavy atom. The highest BCUT2D eigenvalue weighted by atomic mass is 15.2. The van der Waals surface area contributed by atoms with Gasteiger partial charge in [0.2, 0.25) is 0 Å². The minimum absolute atomic E-state index is 0.282. The second kappa shape index (κ2) is 4.42. The fourth-order valence-electron chi connectivity index (χ4n) is 2.36. The summed E-state index contributed by atoms with van der Waals surface area (Å²) in [4.78, 5) is 2.67. The molecular weight excluding hydrogens is 184 g/mol. The Balaban J connectivity index is 1.63. The standard InChI is InChI=1S/C13H26N2/c1-13(2,3)14-8-12-6-7-15(10-12)9-11-4-5-11/h11-12,14H,4-10H2,1-3H3. The topological polar surface area (TPSA) is 15.3 Å². The highest BCUT2D eigenvalue weighted by molar-refractivity contribution is 4.84. The van der Waals surface area contributed by atoms with Gasteiger partial charge in [0.1, 0.15) is 0 Å². The van der Waals surface area contributed by atoms with Crippen molar-refractivity contribution in [3.8, 4) is 0 Å². The number of hydrogen-bond acceptors (Lipinski definition) is 2. The zero-order valence-electron chi connectivity index (χ0n) is 10.6. The summed E-state index contributed by atoms with van der Waals surface area (Å²) in [5.41, 5.74) is 0.282. The molecule has 0 spiro atoms. The molecule has 2 rings (SSSR count). The molecule has 88 valence electrons. The summed E-state index contributed by atoms with van der Waals surface area (Å²) in [5.74, 6) is 1.95. The molecule has 0 aromatic carbocycles. The van der Waals surface area contributed by atoms with Crippen molar-refractivity contribution in [3.63, 3.8) is 0 Å². The summed E-state index contributed by atoms with van der Waals surface area (Å²) in [6.07, 6.45) is 4.37. The lowest BCUT2D eigenvalue weighted by Gasteiger charge is -2.23. The molecule has 2 fully saturated rings. The molecular formula is C13H26N2. The Hall–Kier alpha value is -0.0800. The highest BCUT2D eigenvalue weighted by Gasteiger charge is 2.29. The molecule has 1 saturated heterocycles. The van der Waals surface area contributed by atoms with Crippen LogP contribution in [0.2, 0.25) is 0 Å². The van der Waals surface area contributed by atoms with Gasteiger partial charge in [-0.15, -0.1) is 0 Å². The summed E-state index contributed by atoms with van der Waals surface area (Å²) in [6.45, 7) is 12.0. The van der Waals surface area contributed by atoms with Crippen molar-refractivity contribution < 1.29 is 0 Å². The van der Waals surface area contributed by atoms with Gasteiger partial charge in [0.15, 0.2) is 0 Å².